The molecule has 0 aliphatic carbocycles. The molecular weight excluding hydrogens is 371 g/mol. The molecule has 0 bridgehead atoms. The standard InChI is InChI=1S/C16H18Cl2N2O3S/c1-3-23-15-8-5-9-19-16(15)24(21,22)20-11(2)10-12-13(17)6-4-7-14(12)18/h4-9,11,20H,3,10H2,1-2H3. The van der Waals surface area contributed by atoms with E-state index in [4.69, 9.17) is 27.9 Å². The van der Waals surface area contributed by atoms with Crippen molar-refractivity contribution in [1.29, 1.82) is 0 Å². The summed E-state index contributed by atoms with van der Waals surface area (Å²) in [6, 6.07) is 7.94. The van der Waals surface area contributed by atoms with Crippen molar-refractivity contribution in [3.8, 4) is 5.75 Å². The molecule has 0 amide bonds. The third-order valence-electron chi connectivity index (χ3n) is 3.22. The monoisotopic (exact) mass is 388 g/mol. The predicted octanol–water partition coefficient (Wildman–Crippen LogP) is 3.70. The highest BCUT2D eigenvalue weighted by Crippen LogP contribution is 2.26. The first-order valence-corrected chi connectivity index (χ1v) is 9.62. The maximum absolute atomic E-state index is 12.6. The third kappa shape index (κ3) is 4.60. The zero-order valence-corrected chi connectivity index (χ0v) is 15.6. The zero-order chi connectivity index (χ0) is 17.7. The summed E-state index contributed by atoms with van der Waals surface area (Å²) < 4.78 is 33.1. The van der Waals surface area contributed by atoms with E-state index in [0.29, 0.717) is 28.6 Å². The van der Waals surface area contributed by atoms with Crippen LogP contribution in [0, 0.1) is 0 Å². The van der Waals surface area contributed by atoms with Crippen molar-refractivity contribution in [2.75, 3.05) is 6.61 Å². The van der Waals surface area contributed by atoms with Crippen LogP contribution in [0.25, 0.3) is 0 Å². The fraction of sp³-hybridized carbons (Fsp3) is 0.312. The van der Waals surface area contributed by atoms with Gasteiger partial charge in [-0.05, 0) is 50.1 Å². The second-order valence-electron chi connectivity index (χ2n) is 5.17. The quantitative estimate of drug-likeness (QED) is 0.784. The molecule has 1 N–H and O–H groups in total. The van der Waals surface area contributed by atoms with Crippen molar-refractivity contribution < 1.29 is 13.2 Å². The van der Waals surface area contributed by atoms with Crippen molar-refractivity contribution in [2.24, 2.45) is 0 Å². The maximum Gasteiger partial charge on any atom is 0.262 e. The Morgan fingerprint density at radius 1 is 1.21 bits per heavy atom. The number of rotatable bonds is 7. The summed E-state index contributed by atoms with van der Waals surface area (Å²) in [6.45, 7) is 3.86. The van der Waals surface area contributed by atoms with E-state index in [1.807, 2.05) is 0 Å². The number of hydrogen-bond donors (Lipinski definition) is 1. The van der Waals surface area contributed by atoms with Crippen LogP contribution in [0.15, 0.2) is 41.6 Å². The molecule has 0 fully saturated rings. The molecule has 1 aromatic carbocycles. The van der Waals surface area contributed by atoms with Crippen molar-refractivity contribution in [3.05, 3.63) is 52.1 Å². The number of benzene rings is 1. The lowest BCUT2D eigenvalue weighted by Gasteiger charge is -2.17. The first-order chi connectivity index (χ1) is 11.3. The zero-order valence-electron chi connectivity index (χ0n) is 13.3. The van der Waals surface area contributed by atoms with E-state index < -0.39 is 16.1 Å². The predicted molar refractivity (Wildman–Crippen MR) is 95.4 cm³/mol. The summed E-state index contributed by atoms with van der Waals surface area (Å²) in [6.07, 6.45) is 1.77. The van der Waals surface area contributed by atoms with Gasteiger partial charge in [-0.3, -0.25) is 0 Å². The Bertz CT molecular complexity index is 792. The molecule has 8 heteroatoms. The van der Waals surface area contributed by atoms with Crippen LogP contribution in [0.4, 0.5) is 0 Å². The van der Waals surface area contributed by atoms with E-state index in [0.717, 1.165) is 0 Å². The summed E-state index contributed by atoms with van der Waals surface area (Å²) in [5.41, 5.74) is 0.696. The average molecular weight is 389 g/mol. The SMILES string of the molecule is CCOc1cccnc1S(=O)(=O)NC(C)Cc1c(Cl)cccc1Cl. The van der Waals surface area contributed by atoms with Crippen molar-refractivity contribution in [1.82, 2.24) is 9.71 Å². The van der Waals surface area contributed by atoms with Crippen LogP contribution in [-0.2, 0) is 16.4 Å². The van der Waals surface area contributed by atoms with Crippen LogP contribution < -0.4 is 9.46 Å². The number of aromatic nitrogens is 1. The molecule has 0 radical (unpaired) electrons. The van der Waals surface area contributed by atoms with Gasteiger partial charge in [-0.25, -0.2) is 18.1 Å². The van der Waals surface area contributed by atoms with Crippen molar-refractivity contribution in [3.63, 3.8) is 0 Å². The van der Waals surface area contributed by atoms with Crippen LogP contribution in [0.3, 0.4) is 0 Å². The Labute approximate surface area is 152 Å². The van der Waals surface area contributed by atoms with Gasteiger partial charge in [0.15, 0.2) is 5.75 Å². The molecule has 24 heavy (non-hydrogen) atoms. The molecule has 2 rings (SSSR count). The second kappa shape index (κ2) is 8.16. The normalized spacial score (nSPS) is 12.8. The van der Waals surface area contributed by atoms with Gasteiger partial charge in [-0.15, -0.1) is 0 Å². The molecule has 1 unspecified atom stereocenters. The number of hydrogen-bond acceptors (Lipinski definition) is 4. The lowest BCUT2D eigenvalue weighted by Crippen LogP contribution is -2.35. The highest BCUT2D eigenvalue weighted by atomic mass is 35.5. The van der Waals surface area contributed by atoms with Crippen LogP contribution in [0.1, 0.15) is 19.4 Å². The summed E-state index contributed by atoms with van der Waals surface area (Å²) in [5, 5.41) is 0.867. The van der Waals surface area contributed by atoms with E-state index in [9.17, 15) is 8.42 Å². The number of nitrogens with zero attached hydrogens (tertiary/aromatic N) is 1. The van der Waals surface area contributed by atoms with E-state index in [-0.39, 0.29) is 10.8 Å². The third-order valence-corrected chi connectivity index (χ3v) is 5.46. The Balaban J connectivity index is 2.20. The molecule has 0 spiro atoms. The van der Waals surface area contributed by atoms with E-state index in [2.05, 4.69) is 9.71 Å². The van der Waals surface area contributed by atoms with Gasteiger partial charge in [0.2, 0.25) is 5.03 Å². The number of pyridine rings is 1. The molecule has 1 aromatic heterocycles. The topological polar surface area (TPSA) is 68.3 Å². The molecule has 5 nitrogen and oxygen atoms in total. The van der Waals surface area contributed by atoms with Crippen LogP contribution in [0.2, 0.25) is 10.0 Å². The van der Waals surface area contributed by atoms with Gasteiger partial charge >= 0.3 is 0 Å². The first-order valence-electron chi connectivity index (χ1n) is 7.38. The van der Waals surface area contributed by atoms with Crippen LogP contribution in [0.5, 0.6) is 5.75 Å². The minimum atomic E-state index is -3.83. The Morgan fingerprint density at radius 3 is 2.50 bits per heavy atom. The molecule has 0 aliphatic rings. The molecule has 1 atom stereocenters. The maximum atomic E-state index is 12.6. The van der Waals surface area contributed by atoms with Gasteiger partial charge in [-0.1, -0.05) is 29.3 Å². The van der Waals surface area contributed by atoms with Gasteiger partial charge in [0, 0.05) is 22.3 Å². The Kier molecular flexibility index (Phi) is 6.46. The van der Waals surface area contributed by atoms with Gasteiger partial charge in [-0.2, -0.15) is 0 Å². The Hall–Kier alpha value is -1.34. The Morgan fingerprint density at radius 2 is 1.88 bits per heavy atom. The lowest BCUT2D eigenvalue weighted by atomic mass is 10.1. The lowest BCUT2D eigenvalue weighted by molar-refractivity contribution is 0.327. The first kappa shape index (κ1) is 19.0. The molecule has 130 valence electrons. The molecule has 0 saturated carbocycles. The van der Waals surface area contributed by atoms with Crippen LogP contribution >= 0.6 is 23.2 Å². The van der Waals surface area contributed by atoms with Gasteiger partial charge < -0.3 is 4.74 Å². The van der Waals surface area contributed by atoms with Crippen molar-refractivity contribution >= 4 is 33.2 Å². The minimum absolute atomic E-state index is 0.135. The average Bonchev–Trinajstić information content (AvgIpc) is 2.51. The molecule has 0 aliphatic heterocycles. The number of ether oxygens (including phenoxy) is 1. The van der Waals surface area contributed by atoms with E-state index in [1.165, 1.54) is 6.20 Å². The largest absolute Gasteiger partial charge is 0.491 e. The van der Waals surface area contributed by atoms with Gasteiger partial charge in [0.05, 0.1) is 6.61 Å². The summed E-state index contributed by atoms with van der Waals surface area (Å²) >= 11 is 12.3. The van der Waals surface area contributed by atoms with Crippen LogP contribution in [-0.4, -0.2) is 26.1 Å². The van der Waals surface area contributed by atoms with Gasteiger partial charge in [0.25, 0.3) is 10.0 Å². The molecule has 1 heterocycles. The number of halogens is 2. The van der Waals surface area contributed by atoms with E-state index in [1.54, 1.807) is 44.2 Å². The van der Waals surface area contributed by atoms with Crippen molar-refractivity contribution in [2.45, 2.75) is 31.3 Å². The fourth-order valence-electron chi connectivity index (χ4n) is 2.24. The van der Waals surface area contributed by atoms with Gasteiger partial charge in [0.1, 0.15) is 0 Å². The molecule has 0 saturated heterocycles. The summed E-state index contributed by atoms with van der Waals surface area (Å²) in [5.74, 6) is 0.218. The smallest absolute Gasteiger partial charge is 0.262 e. The highest BCUT2D eigenvalue weighted by Gasteiger charge is 2.24. The summed E-state index contributed by atoms with van der Waals surface area (Å²) in [7, 11) is -3.83. The second-order valence-corrected chi connectivity index (χ2v) is 7.61. The minimum Gasteiger partial charge on any atom is -0.491 e. The number of nitrogens with one attached hydrogen (secondary N) is 1. The van der Waals surface area contributed by atoms with E-state index >= 15 is 0 Å². The number of sulfonamides is 1. The molecular formula is C16H18Cl2N2O3S. The highest BCUT2D eigenvalue weighted by molar-refractivity contribution is 7.89. The fourth-order valence-corrected chi connectivity index (χ4v) is 4.11. The summed E-state index contributed by atoms with van der Waals surface area (Å²) in [4.78, 5) is 3.94. The molecule has 2 aromatic rings.